The number of halogens is 2. The number of hydrogen-bond acceptors (Lipinski definition) is 5. The first-order chi connectivity index (χ1) is 11.6. The van der Waals surface area contributed by atoms with E-state index in [1.54, 1.807) is 14.1 Å². The van der Waals surface area contributed by atoms with Crippen LogP contribution in [0.15, 0.2) is 17.0 Å². The molecule has 2 unspecified atom stereocenters. The molecule has 1 saturated heterocycles. The van der Waals surface area contributed by atoms with Crippen molar-refractivity contribution in [2.24, 2.45) is 11.7 Å². The number of ether oxygens (including phenoxy) is 1. The highest BCUT2D eigenvalue weighted by Crippen LogP contribution is 2.35. The Kier molecular flexibility index (Phi) is 7.74. The number of rotatable bonds is 4. The number of hydrogen-bond donors (Lipinski definition) is 1. The number of piperidine rings is 1. The standard InChI is InChI=1S/C16H24ClN3O4S.ClH/c1-10-9-20(6-5-13(10)18)25(22,23)14-8-11(17)7-12(15(14)24-4)16(21)19(2)3;/h7-8,10,13H,5-6,9,18H2,1-4H3;1H. The molecule has 0 radical (unpaired) electrons. The second-order valence-corrected chi connectivity index (χ2v) is 8.82. The zero-order valence-electron chi connectivity index (χ0n) is 15.2. The SMILES string of the molecule is COc1c(C(=O)N(C)C)cc(Cl)cc1S(=O)(=O)N1CCC(N)C(C)C1.Cl. The first-order valence-corrected chi connectivity index (χ1v) is 9.76. The molecule has 0 spiro atoms. The molecule has 0 bridgehead atoms. The van der Waals surface area contributed by atoms with Crippen molar-refractivity contribution in [1.82, 2.24) is 9.21 Å². The number of nitrogens with zero attached hydrogens (tertiary/aromatic N) is 2. The summed E-state index contributed by atoms with van der Waals surface area (Å²) in [4.78, 5) is 13.6. The average molecular weight is 426 g/mol. The molecule has 0 saturated carbocycles. The molecular formula is C16H25Cl2N3O4S. The van der Waals surface area contributed by atoms with Crippen molar-refractivity contribution in [3.05, 3.63) is 22.7 Å². The van der Waals surface area contributed by atoms with Crippen LogP contribution < -0.4 is 10.5 Å². The molecule has 148 valence electrons. The highest BCUT2D eigenvalue weighted by Gasteiger charge is 2.35. The zero-order valence-corrected chi connectivity index (χ0v) is 17.6. The number of sulfonamides is 1. The largest absolute Gasteiger partial charge is 0.494 e. The number of carbonyl (C=O) groups excluding carboxylic acids is 1. The fourth-order valence-corrected chi connectivity index (χ4v) is 4.90. The van der Waals surface area contributed by atoms with E-state index in [2.05, 4.69) is 0 Å². The summed E-state index contributed by atoms with van der Waals surface area (Å²) in [6.07, 6.45) is 0.576. The number of carbonyl (C=O) groups is 1. The van der Waals surface area contributed by atoms with Gasteiger partial charge in [0.15, 0.2) is 5.75 Å². The van der Waals surface area contributed by atoms with Crippen LogP contribution in [0.1, 0.15) is 23.7 Å². The Labute approximate surface area is 165 Å². The first kappa shape index (κ1) is 23.0. The molecule has 1 amide bonds. The van der Waals surface area contributed by atoms with Crippen molar-refractivity contribution in [3.63, 3.8) is 0 Å². The van der Waals surface area contributed by atoms with Crippen LogP contribution in [-0.4, -0.2) is 63.9 Å². The molecule has 1 aromatic carbocycles. The molecule has 1 heterocycles. The Morgan fingerprint density at radius 1 is 1.38 bits per heavy atom. The molecule has 1 fully saturated rings. The maximum Gasteiger partial charge on any atom is 0.257 e. The van der Waals surface area contributed by atoms with E-state index in [9.17, 15) is 13.2 Å². The molecule has 2 N–H and O–H groups in total. The topological polar surface area (TPSA) is 92.9 Å². The molecule has 1 aliphatic rings. The van der Waals surface area contributed by atoms with E-state index in [4.69, 9.17) is 22.1 Å². The Morgan fingerprint density at radius 2 is 2.00 bits per heavy atom. The molecule has 10 heteroatoms. The van der Waals surface area contributed by atoms with Crippen LogP contribution >= 0.6 is 24.0 Å². The molecule has 1 aromatic rings. The van der Waals surface area contributed by atoms with Crippen LogP contribution in [-0.2, 0) is 10.0 Å². The number of methoxy groups -OCH3 is 1. The summed E-state index contributed by atoms with van der Waals surface area (Å²) in [5.74, 6) is -0.341. The number of nitrogens with two attached hydrogens (primary N) is 1. The normalized spacial score (nSPS) is 21.0. The minimum absolute atomic E-state index is 0. The fourth-order valence-electron chi connectivity index (χ4n) is 2.85. The lowest BCUT2D eigenvalue weighted by Crippen LogP contribution is -2.48. The monoisotopic (exact) mass is 425 g/mol. The van der Waals surface area contributed by atoms with E-state index in [0.717, 1.165) is 0 Å². The smallest absolute Gasteiger partial charge is 0.257 e. The van der Waals surface area contributed by atoms with Crippen LogP contribution in [0.25, 0.3) is 0 Å². The quantitative estimate of drug-likeness (QED) is 0.793. The van der Waals surface area contributed by atoms with Gasteiger partial charge in [-0.2, -0.15) is 4.31 Å². The summed E-state index contributed by atoms with van der Waals surface area (Å²) in [5.41, 5.74) is 6.09. The summed E-state index contributed by atoms with van der Waals surface area (Å²) < 4.78 is 32.9. The lowest BCUT2D eigenvalue weighted by molar-refractivity contribution is 0.0823. The van der Waals surface area contributed by atoms with Crippen molar-refractivity contribution in [1.29, 1.82) is 0 Å². The zero-order chi connectivity index (χ0) is 18.9. The Bertz CT molecular complexity index is 771. The fraction of sp³-hybridized carbons (Fsp3) is 0.562. The van der Waals surface area contributed by atoms with E-state index in [1.165, 1.54) is 28.4 Å². The van der Waals surface area contributed by atoms with Gasteiger partial charge in [0.25, 0.3) is 5.91 Å². The van der Waals surface area contributed by atoms with Gasteiger partial charge in [-0.25, -0.2) is 8.42 Å². The molecule has 1 aliphatic heterocycles. The van der Waals surface area contributed by atoms with Gasteiger partial charge >= 0.3 is 0 Å². The summed E-state index contributed by atoms with van der Waals surface area (Å²) in [6, 6.07) is 2.70. The Hall–Kier alpha value is -1.06. The van der Waals surface area contributed by atoms with Gasteiger partial charge in [0.1, 0.15) is 4.90 Å². The third kappa shape index (κ3) is 4.43. The molecule has 0 aromatic heterocycles. The molecular weight excluding hydrogens is 401 g/mol. The van der Waals surface area contributed by atoms with Gasteiger partial charge in [-0.05, 0) is 24.5 Å². The summed E-state index contributed by atoms with van der Waals surface area (Å²) >= 11 is 6.10. The summed E-state index contributed by atoms with van der Waals surface area (Å²) in [7, 11) is 0.617. The minimum atomic E-state index is -3.87. The lowest BCUT2D eigenvalue weighted by atomic mass is 9.96. The van der Waals surface area contributed by atoms with Crippen LogP contribution in [0.4, 0.5) is 0 Å². The second kappa shape index (κ2) is 8.75. The van der Waals surface area contributed by atoms with Crippen LogP contribution in [0, 0.1) is 5.92 Å². The molecule has 0 aliphatic carbocycles. The van der Waals surface area contributed by atoms with Crippen molar-refractivity contribution in [2.45, 2.75) is 24.3 Å². The van der Waals surface area contributed by atoms with Crippen LogP contribution in [0.2, 0.25) is 5.02 Å². The van der Waals surface area contributed by atoms with E-state index >= 15 is 0 Å². The van der Waals surface area contributed by atoms with Gasteiger partial charge in [-0.1, -0.05) is 18.5 Å². The van der Waals surface area contributed by atoms with E-state index in [-0.39, 0.29) is 51.5 Å². The summed E-state index contributed by atoms with van der Waals surface area (Å²) in [6.45, 7) is 2.55. The van der Waals surface area contributed by atoms with Gasteiger partial charge < -0.3 is 15.4 Å². The van der Waals surface area contributed by atoms with Gasteiger partial charge in [-0.15, -0.1) is 12.4 Å². The van der Waals surface area contributed by atoms with Crippen molar-refractivity contribution in [2.75, 3.05) is 34.3 Å². The summed E-state index contributed by atoms with van der Waals surface area (Å²) in [5, 5.41) is 0.159. The highest BCUT2D eigenvalue weighted by molar-refractivity contribution is 7.89. The highest BCUT2D eigenvalue weighted by atomic mass is 35.5. The second-order valence-electron chi connectivity index (χ2n) is 6.48. The molecule has 2 rings (SSSR count). The van der Waals surface area contributed by atoms with Gasteiger partial charge in [-0.3, -0.25) is 4.79 Å². The van der Waals surface area contributed by atoms with Gasteiger partial charge in [0.05, 0.1) is 12.7 Å². The van der Waals surface area contributed by atoms with Crippen molar-refractivity contribution in [3.8, 4) is 5.75 Å². The molecule has 2 atom stereocenters. The van der Waals surface area contributed by atoms with Crippen LogP contribution in [0.3, 0.4) is 0 Å². The third-order valence-electron chi connectivity index (χ3n) is 4.41. The lowest BCUT2D eigenvalue weighted by Gasteiger charge is -2.34. The van der Waals surface area contributed by atoms with E-state index in [0.29, 0.717) is 19.5 Å². The predicted molar refractivity (Wildman–Crippen MR) is 104 cm³/mol. The first-order valence-electron chi connectivity index (χ1n) is 7.94. The van der Waals surface area contributed by atoms with Gasteiger partial charge in [0, 0.05) is 38.2 Å². The molecule has 7 nitrogen and oxygen atoms in total. The van der Waals surface area contributed by atoms with Crippen LogP contribution in [0.5, 0.6) is 5.75 Å². The van der Waals surface area contributed by atoms with Crippen molar-refractivity contribution >= 4 is 39.9 Å². The van der Waals surface area contributed by atoms with Gasteiger partial charge in [0.2, 0.25) is 10.0 Å². The molecule has 26 heavy (non-hydrogen) atoms. The van der Waals surface area contributed by atoms with Crippen molar-refractivity contribution < 1.29 is 17.9 Å². The Morgan fingerprint density at radius 3 is 2.50 bits per heavy atom. The average Bonchev–Trinajstić information content (AvgIpc) is 2.55. The van der Waals surface area contributed by atoms with E-state index in [1.807, 2.05) is 6.92 Å². The minimum Gasteiger partial charge on any atom is -0.494 e. The van der Waals surface area contributed by atoms with E-state index < -0.39 is 10.0 Å². The Balaban J connectivity index is 0.00000338. The predicted octanol–water partition coefficient (Wildman–Crippen LogP) is 1.83. The number of amides is 1. The third-order valence-corrected chi connectivity index (χ3v) is 6.50. The number of benzene rings is 1. The maximum absolute atomic E-state index is 13.1. The maximum atomic E-state index is 13.1.